The van der Waals surface area contributed by atoms with Gasteiger partial charge in [0, 0.05) is 13.1 Å². The quantitative estimate of drug-likeness (QED) is 0.387. The molecule has 0 atom stereocenters. The molecule has 1 saturated heterocycles. The van der Waals surface area contributed by atoms with Crippen LogP contribution in [0, 0.1) is 10.1 Å². The van der Waals surface area contributed by atoms with Gasteiger partial charge in [0.15, 0.2) is 5.11 Å². The fraction of sp³-hybridized carbons (Fsp3) is 0.154. The van der Waals surface area contributed by atoms with E-state index < -0.39 is 4.92 Å². The Balaban J connectivity index is 1.74. The number of carbonyl (C=O) groups is 1. The second-order valence-corrected chi connectivity index (χ2v) is 5.17. The van der Waals surface area contributed by atoms with E-state index in [2.05, 4.69) is 10.4 Å². The summed E-state index contributed by atoms with van der Waals surface area (Å²) in [5.41, 5.74) is 0.327. The van der Waals surface area contributed by atoms with Gasteiger partial charge in [-0.2, -0.15) is 4.68 Å². The fourth-order valence-corrected chi connectivity index (χ4v) is 2.21. The predicted molar refractivity (Wildman–Crippen MR) is 83.2 cm³/mol. The molecule has 0 spiro atoms. The Morgan fingerprint density at radius 3 is 2.87 bits per heavy atom. The number of rotatable bonds is 4. The molecule has 1 aliphatic heterocycles. The van der Waals surface area contributed by atoms with Gasteiger partial charge in [0.25, 0.3) is 5.91 Å². The highest BCUT2D eigenvalue weighted by atomic mass is 32.1. The van der Waals surface area contributed by atoms with Gasteiger partial charge in [0.2, 0.25) is 0 Å². The van der Waals surface area contributed by atoms with Crippen molar-refractivity contribution < 1.29 is 14.1 Å². The largest absolute Gasteiger partial charge is 0.460 e. The number of nitro groups is 1. The molecular weight excluding hydrogens is 322 g/mol. The molecule has 2 aromatic heterocycles. The molecule has 2 aromatic rings. The van der Waals surface area contributed by atoms with Crippen LogP contribution in [-0.4, -0.2) is 37.7 Å². The molecule has 0 radical (unpaired) electrons. The minimum absolute atomic E-state index is 0.226. The lowest BCUT2D eigenvalue weighted by atomic mass is 10.3. The maximum Gasteiger partial charge on any atom is 0.389 e. The van der Waals surface area contributed by atoms with E-state index in [0.29, 0.717) is 22.3 Å². The Kier molecular flexibility index (Phi) is 3.66. The molecule has 23 heavy (non-hydrogen) atoms. The number of hydrogen-bond donors (Lipinski definition) is 1. The second kappa shape index (κ2) is 5.65. The minimum atomic E-state index is -0.564. The van der Waals surface area contributed by atoms with Crippen LogP contribution in [0.3, 0.4) is 0 Å². The average Bonchev–Trinajstić information content (AvgIpc) is 3.19. The molecule has 0 saturated carbocycles. The van der Waals surface area contributed by atoms with Crippen LogP contribution in [0.4, 0.5) is 5.82 Å². The Bertz CT molecular complexity index is 837. The van der Waals surface area contributed by atoms with E-state index in [1.165, 1.54) is 21.8 Å². The van der Waals surface area contributed by atoms with E-state index in [1.54, 1.807) is 25.3 Å². The fourth-order valence-electron chi connectivity index (χ4n) is 2.02. The van der Waals surface area contributed by atoms with E-state index in [9.17, 15) is 14.9 Å². The highest BCUT2D eigenvalue weighted by Gasteiger charge is 2.27. The number of nitrogens with one attached hydrogen (secondary N) is 1. The van der Waals surface area contributed by atoms with Gasteiger partial charge in [0.05, 0.1) is 17.4 Å². The standard InChI is InChI=1S/C13H11N5O4S/c1-16-12(19)10(14-13(16)23)6-8-2-3-9(22-8)7-17-5-4-11(15-17)18(20)21/h2-6H,7H2,1H3,(H,14,23)/b10-6+. The Morgan fingerprint density at radius 1 is 1.48 bits per heavy atom. The lowest BCUT2D eigenvalue weighted by Crippen LogP contribution is -2.25. The van der Waals surface area contributed by atoms with Gasteiger partial charge in [-0.15, -0.1) is 0 Å². The number of amides is 1. The third kappa shape index (κ3) is 2.97. The monoisotopic (exact) mass is 333 g/mol. The van der Waals surface area contributed by atoms with Crippen molar-refractivity contribution in [2.75, 3.05) is 7.05 Å². The van der Waals surface area contributed by atoms with Crippen molar-refractivity contribution in [2.24, 2.45) is 0 Å². The van der Waals surface area contributed by atoms with Gasteiger partial charge >= 0.3 is 5.82 Å². The zero-order chi connectivity index (χ0) is 16.6. The number of carbonyl (C=O) groups excluding carboxylic acids is 1. The highest BCUT2D eigenvalue weighted by Crippen LogP contribution is 2.16. The van der Waals surface area contributed by atoms with Crippen molar-refractivity contribution in [3.05, 3.63) is 51.7 Å². The summed E-state index contributed by atoms with van der Waals surface area (Å²) >= 11 is 4.98. The summed E-state index contributed by atoms with van der Waals surface area (Å²) in [5.74, 6) is 0.554. The van der Waals surface area contributed by atoms with E-state index >= 15 is 0 Å². The van der Waals surface area contributed by atoms with E-state index in [1.807, 2.05) is 0 Å². The zero-order valence-electron chi connectivity index (χ0n) is 11.9. The van der Waals surface area contributed by atoms with Crippen molar-refractivity contribution in [3.8, 4) is 0 Å². The number of nitrogens with zero attached hydrogens (tertiary/aromatic N) is 4. The summed E-state index contributed by atoms with van der Waals surface area (Å²) in [6.45, 7) is 0.247. The van der Waals surface area contributed by atoms with Crippen LogP contribution in [0.15, 0.2) is 34.5 Å². The van der Waals surface area contributed by atoms with Gasteiger partial charge in [0.1, 0.15) is 23.8 Å². The predicted octanol–water partition coefficient (Wildman–Crippen LogP) is 1.12. The lowest BCUT2D eigenvalue weighted by molar-refractivity contribution is -0.389. The molecule has 1 aliphatic rings. The molecule has 1 fully saturated rings. The van der Waals surface area contributed by atoms with E-state index in [0.717, 1.165) is 0 Å². The topological polar surface area (TPSA) is 106 Å². The molecule has 3 rings (SSSR count). The van der Waals surface area contributed by atoms with Gasteiger partial charge in [-0.05, 0) is 29.3 Å². The molecule has 0 aromatic carbocycles. The minimum Gasteiger partial charge on any atom is -0.460 e. The SMILES string of the molecule is CN1C(=O)/C(=C\c2ccc(Cn3ccc([N+](=O)[O-])n3)o2)NC1=S. The van der Waals surface area contributed by atoms with Crippen LogP contribution in [0.1, 0.15) is 11.5 Å². The number of thiocarbonyl (C=S) groups is 1. The van der Waals surface area contributed by atoms with Crippen LogP contribution < -0.4 is 5.32 Å². The summed E-state index contributed by atoms with van der Waals surface area (Å²) < 4.78 is 6.98. The van der Waals surface area contributed by atoms with Crippen LogP contribution in [0.25, 0.3) is 6.08 Å². The smallest absolute Gasteiger partial charge is 0.389 e. The first-order valence-electron chi connectivity index (χ1n) is 6.51. The van der Waals surface area contributed by atoms with Crippen molar-refractivity contribution in [3.63, 3.8) is 0 Å². The first-order chi connectivity index (χ1) is 10.9. The van der Waals surface area contributed by atoms with Crippen LogP contribution in [0.5, 0.6) is 0 Å². The molecule has 3 heterocycles. The van der Waals surface area contributed by atoms with Crippen LogP contribution >= 0.6 is 12.2 Å². The average molecular weight is 333 g/mol. The molecule has 1 N–H and O–H groups in total. The first kappa shape index (κ1) is 14.9. The third-order valence-corrected chi connectivity index (χ3v) is 3.56. The number of likely N-dealkylation sites (N-methyl/N-ethyl adjacent to an activating group) is 1. The molecule has 0 aliphatic carbocycles. The Labute approximate surface area is 135 Å². The molecule has 10 heteroatoms. The highest BCUT2D eigenvalue weighted by molar-refractivity contribution is 7.80. The second-order valence-electron chi connectivity index (χ2n) is 4.79. The van der Waals surface area contributed by atoms with Crippen LogP contribution in [-0.2, 0) is 11.3 Å². The first-order valence-corrected chi connectivity index (χ1v) is 6.92. The summed E-state index contributed by atoms with van der Waals surface area (Å²) in [5, 5.41) is 17.5. The third-order valence-electron chi connectivity index (χ3n) is 3.18. The molecule has 0 unspecified atom stereocenters. The van der Waals surface area contributed by atoms with Crippen molar-refractivity contribution in [2.45, 2.75) is 6.54 Å². The van der Waals surface area contributed by atoms with Gasteiger partial charge in [-0.25, -0.2) is 0 Å². The van der Waals surface area contributed by atoms with Gasteiger partial charge in [-0.3, -0.25) is 9.69 Å². The van der Waals surface area contributed by atoms with Gasteiger partial charge < -0.3 is 19.8 Å². The zero-order valence-corrected chi connectivity index (χ0v) is 12.7. The van der Waals surface area contributed by atoms with Gasteiger partial charge in [-0.1, -0.05) is 0 Å². The number of aromatic nitrogens is 2. The maximum atomic E-state index is 11.9. The molecule has 9 nitrogen and oxygen atoms in total. The number of hydrogen-bond acceptors (Lipinski definition) is 6. The molecule has 118 valence electrons. The summed E-state index contributed by atoms with van der Waals surface area (Å²) in [6, 6.07) is 4.71. The van der Waals surface area contributed by atoms with Crippen molar-refractivity contribution in [1.29, 1.82) is 0 Å². The molecule has 1 amide bonds. The van der Waals surface area contributed by atoms with E-state index in [4.69, 9.17) is 16.6 Å². The van der Waals surface area contributed by atoms with E-state index in [-0.39, 0.29) is 18.3 Å². The lowest BCUT2D eigenvalue weighted by Gasteiger charge is -2.02. The van der Waals surface area contributed by atoms with Crippen molar-refractivity contribution in [1.82, 2.24) is 20.0 Å². The summed E-state index contributed by atoms with van der Waals surface area (Å²) in [7, 11) is 1.58. The normalized spacial score (nSPS) is 16.2. The van der Waals surface area contributed by atoms with Crippen LogP contribution in [0.2, 0.25) is 0 Å². The Morgan fingerprint density at radius 2 is 2.26 bits per heavy atom. The molecule has 0 bridgehead atoms. The summed E-state index contributed by atoms with van der Waals surface area (Å²) in [6.07, 6.45) is 3.04. The van der Waals surface area contributed by atoms with Crippen molar-refractivity contribution >= 4 is 35.1 Å². The number of furan rings is 1. The Hall–Kier alpha value is -3.01. The summed E-state index contributed by atoms with van der Waals surface area (Å²) in [4.78, 5) is 23.2. The molecular formula is C13H11N5O4S. The maximum absolute atomic E-state index is 11.9.